The van der Waals surface area contributed by atoms with Gasteiger partial charge in [-0.2, -0.15) is 0 Å². The van der Waals surface area contributed by atoms with Crippen LogP contribution >= 0.6 is 34.8 Å². The van der Waals surface area contributed by atoms with Gasteiger partial charge in [0.15, 0.2) is 0 Å². The molecule has 1 heterocycles. The number of anilines is 1. The van der Waals surface area contributed by atoms with Crippen molar-refractivity contribution < 1.29 is 4.79 Å². The number of hydrogen-bond acceptors (Lipinski definition) is 2. The fraction of sp³-hybridized carbons (Fsp3) is 0.417. The van der Waals surface area contributed by atoms with Gasteiger partial charge in [-0.05, 0) is 31.5 Å². The highest BCUT2D eigenvalue weighted by Gasteiger charge is 2.22. The molecule has 1 aromatic rings. The molecule has 1 aliphatic heterocycles. The Kier molecular flexibility index (Phi) is 4.73. The van der Waals surface area contributed by atoms with Gasteiger partial charge < -0.3 is 10.6 Å². The molecule has 2 N–H and O–H groups in total. The Bertz CT molecular complexity index is 436. The number of halogens is 3. The van der Waals surface area contributed by atoms with E-state index in [1.165, 1.54) is 0 Å². The number of carbonyl (C=O) groups excluding carboxylic acids is 1. The van der Waals surface area contributed by atoms with Crippen LogP contribution in [-0.4, -0.2) is 18.5 Å². The first-order chi connectivity index (χ1) is 8.58. The zero-order valence-electron chi connectivity index (χ0n) is 9.60. The summed E-state index contributed by atoms with van der Waals surface area (Å²) in [5.41, 5.74) is 0.417. The van der Waals surface area contributed by atoms with Crippen molar-refractivity contribution in [3.63, 3.8) is 0 Å². The highest BCUT2D eigenvalue weighted by Crippen LogP contribution is 2.33. The Morgan fingerprint density at radius 3 is 2.44 bits per heavy atom. The van der Waals surface area contributed by atoms with E-state index in [1.54, 1.807) is 12.1 Å². The van der Waals surface area contributed by atoms with Crippen LogP contribution in [0.25, 0.3) is 0 Å². The van der Waals surface area contributed by atoms with Gasteiger partial charge in [0.1, 0.15) is 0 Å². The molecular formula is C12H13Cl3N2O. The monoisotopic (exact) mass is 306 g/mol. The lowest BCUT2D eigenvalue weighted by molar-refractivity contribution is -0.118. The molecule has 1 saturated heterocycles. The number of carbonyl (C=O) groups is 1. The molecule has 0 radical (unpaired) electrons. The Morgan fingerprint density at radius 2 is 1.89 bits per heavy atom. The Morgan fingerprint density at radius 1 is 1.22 bits per heavy atom. The van der Waals surface area contributed by atoms with E-state index in [-0.39, 0.29) is 11.9 Å². The quantitative estimate of drug-likeness (QED) is 0.874. The van der Waals surface area contributed by atoms with Crippen molar-refractivity contribution in [3.8, 4) is 0 Å². The van der Waals surface area contributed by atoms with Crippen LogP contribution in [-0.2, 0) is 4.79 Å². The second kappa shape index (κ2) is 6.11. The van der Waals surface area contributed by atoms with Gasteiger partial charge in [-0.1, -0.05) is 41.2 Å². The normalized spacial score (nSPS) is 19.6. The first-order valence-electron chi connectivity index (χ1n) is 5.76. The van der Waals surface area contributed by atoms with Crippen LogP contribution in [0.3, 0.4) is 0 Å². The van der Waals surface area contributed by atoms with Gasteiger partial charge in [0, 0.05) is 5.02 Å². The van der Waals surface area contributed by atoms with Crippen LogP contribution in [0.4, 0.5) is 5.69 Å². The number of benzene rings is 1. The maximum absolute atomic E-state index is 12.0. The van der Waals surface area contributed by atoms with Crippen molar-refractivity contribution in [2.75, 3.05) is 11.9 Å². The number of hydrogen-bond donors (Lipinski definition) is 2. The largest absolute Gasteiger partial charge is 0.322 e. The molecule has 1 fully saturated rings. The van der Waals surface area contributed by atoms with Crippen LogP contribution in [0.1, 0.15) is 19.3 Å². The molecular weight excluding hydrogens is 295 g/mol. The fourth-order valence-corrected chi connectivity index (χ4v) is 2.86. The third kappa shape index (κ3) is 3.29. The molecule has 0 spiro atoms. The van der Waals surface area contributed by atoms with Crippen LogP contribution in [0.15, 0.2) is 12.1 Å². The summed E-state index contributed by atoms with van der Waals surface area (Å²) in [6.07, 6.45) is 2.98. The summed E-state index contributed by atoms with van der Waals surface area (Å²) in [6.45, 7) is 0.861. The van der Waals surface area contributed by atoms with Gasteiger partial charge >= 0.3 is 0 Å². The van der Waals surface area contributed by atoms with Gasteiger partial charge in [0.2, 0.25) is 5.91 Å². The highest BCUT2D eigenvalue weighted by molar-refractivity contribution is 6.42. The Hall–Kier alpha value is -0.480. The zero-order valence-corrected chi connectivity index (χ0v) is 11.9. The number of amides is 1. The topological polar surface area (TPSA) is 41.1 Å². The van der Waals surface area contributed by atoms with Crippen LogP contribution in [0.5, 0.6) is 0 Å². The molecule has 0 aliphatic carbocycles. The summed E-state index contributed by atoms with van der Waals surface area (Å²) < 4.78 is 0. The maximum atomic E-state index is 12.0. The molecule has 1 atom stereocenters. The molecule has 18 heavy (non-hydrogen) atoms. The third-order valence-electron chi connectivity index (χ3n) is 2.88. The molecule has 1 unspecified atom stereocenters. The predicted octanol–water partition coefficient (Wildman–Crippen LogP) is 3.73. The molecule has 98 valence electrons. The first kappa shape index (κ1) is 13.9. The Labute approximate surface area is 121 Å². The molecule has 1 aliphatic rings. The standard InChI is InChI=1S/C12H13Cl3N2O/c13-7-5-8(14)11(9(15)6-7)17-12(18)10-3-1-2-4-16-10/h5-6,10,16H,1-4H2,(H,17,18). The molecule has 6 heteroatoms. The van der Waals surface area contributed by atoms with Gasteiger partial charge in [-0.25, -0.2) is 0 Å². The minimum absolute atomic E-state index is 0.110. The van der Waals surface area contributed by atoms with E-state index in [0.29, 0.717) is 20.8 Å². The molecule has 1 aromatic carbocycles. The Balaban J connectivity index is 2.11. The van der Waals surface area contributed by atoms with Gasteiger partial charge in [0.25, 0.3) is 0 Å². The van der Waals surface area contributed by atoms with Gasteiger partial charge in [0.05, 0.1) is 21.8 Å². The molecule has 3 nitrogen and oxygen atoms in total. The number of nitrogens with one attached hydrogen (secondary N) is 2. The van der Waals surface area contributed by atoms with Gasteiger partial charge in [-0.15, -0.1) is 0 Å². The SMILES string of the molecule is O=C(Nc1c(Cl)cc(Cl)cc1Cl)C1CCCCN1. The summed E-state index contributed by atoms with van der Waals surface area (Å²) in [5.74, 6) is -0.110. The third-order valence-corrected chi connectivity index (χ3v) is 3.70. The lowest BCUT2D eigenvalue weighted by Gasteiger charge is -2.23. The summed E-state index contributed by atoms with van der Waals surface area (Å²) >= 11 is 17.8. The summed E-state index contributed by atoms with van der Waals surface area (Å²) in [7, 11) is 0. The fourth-order valence-electron chi connectivity index (χ4n) is 1.95. The van der Waals surface area contributed by atoms with Crippen molar-refractivity contribution in [3.05, 3.63) is 27.2 Å². The number of piperidine rings is 1. The minimum atomic E-state index is -0.179. The van der Waals surface area contributed by atoms with Crippen LogP contribution in [0.2, 0.25) is 15.1 Å². The van der Waals surface area contributed by atoms with Crippen molar-refractivity contribution in [1.82, 2.24) is 5.32 Å². The van der Waals surface area contributed by atoms with E-state index < -0.39 is 0 Å². The van der Waals surface area contributed by atoms with Crippen LogP contribution < -0.4 is 10.6 Å². The van der Waals surface area contributed by atoms with Crippen molar-refractivity contribution in [2.24, 2.45) is 0 Å². The second-order valence-electron chi connectivity index (χ2n) is 4.24. The van der Waals surface area contributed by atoms with Gasteiger partial charge in [-0.3, -0.25) is 4.79 Å². The lowest BCUT2D eigenvalue weighted by atomic mass is 10.0. The summed E-state index contributed by atoms with van der Waals surface area (Å²) in [4.78, 5) is 12.0. The van der Waals surface area contributed by atoms with Crippen molar-refractivity contribution >= 4 is 46.4 Å². The highest BCUT2D eigenvalue weighted by atomic mass is 35.5. The minimum Gasteiger partial charge on any atom is -0.322 e. The molecule has 2 rings (SSSR count). The van der Waals surface area contributed by atoms with Crippen LogP contribution in [0, 0.1) is 0 Å². The van der Waals surface area contributed by atoms with E-state index in [0.717, 1.165) is 25.8 Å². The van der Waals surface area contributed by atoms with E-state index in [2.05, 4.69) is 10.6 Å². The molecule has 0 saturated carbocycles. The maximum Gasteiger partial charge on any atom is 0.241 e. The zero-order chi connectivity index (χ0) is 13.1. The smallest absolute Gasteiger partial charge is 0.241 e. The number of rotatable bonds is 2. The average Bonchev–Trinajstić information content (AvgIpc) is 2.34. The van der Waals surface area contributed by atoms with E-state index in [4.69, 9.17) is 34.8 Å². The molecule has 1 amide bonds. The summed E-state index contributed by atoms with van der Waals surface area (Å²) in [5, 5.41) is 7.05. The van der Waals surface area contributed by atoms with Crippen molar-refractivity contribution in [2.45, 2.75) is 25.3 Å². The predicted molar refractivity (Wildman–Crippen MR) is 75.7 cm³/mol. The lowest BCUT2D eigenvalue weighted by Crippen LogP contribution is -2.43. The van der Waals surface area contributed by atoms with Crippen molar-refractivity contribution in [1.29, 1.82) is 0 Å². The van der Waals surface area contributed by atoms with E-state index in [9.17, 15) is 4.79 Å². The van der Waals surface area contributed by atoms with E-state index in [1.807, 2.05) is 0 Å². The first-order valence-corrected chi connectivity index (χ1v) is 6.90. The second-order valence-corrected chi connectivity index (χ2v) is 5.49. The summed E-state index contributed by atoms with van der Waals surface area (Å²) in [6, 6.07) is 2.93. The molecule has 0 aromatic heterocycles. The molecule has 0 bridgehead atoms. The van der Waals surface area contributed by atoms with E-state index >= 15 is 0 Å². The average molecular weight is 308 g/mol.